The summed E-state index contributed by atoms with van der Waals surface area (Å²) in [4.78, 5) is 25.1. The summed E-state index contributed by atoms with van der Waals surface area (Å²) < 4.78 is 0. The average molecular weight is 248 g/mol. The van der Waals surface area contributed by atoms with E-state index in [1.807, 2.05) is 13.8 Å². The first-order chi connectivity index (χ1) is 8.56. The van der Waals surface area contributed by atoms with E-state index in [-0.39, 0.29) is 5.78 Å². The SMILES string of the molecule is Cc1cnc(C(=O)CN2CCN(C)CC2)c(C)n1. The van der Waals surface area contributed by atoms with Gasteiger partial charge in [0.1, 0.15) is 5.69 Å². The van der Waals surface area contributed by atoms with Crippen molar-refractivity contribution in [2.24, 2.45) is 0 Å². The zero-order valence-electron chi connectivity index (χ0n) is 11.3. The summed E-state index contributed by atoms with van der Waals surface area (Å²) in [6.45, 7) is 8.11. The van der Waals surface area contributed by atoms with Crippen LogP contribution in [0.15, 0.2) is 6.20 Å². The third-order valence-electron chi connectivity index (χ3n) is 3.29. The molecule has 0 unspecified atom stereocenters. The van der Waals surface area contributed by atoms with Gasteiger partial charge in [-0.05, 0) is 20.9 Å². The van der Waals surface area contributed by atoms with Gasteiger partial charge in [-0.3, -0.25) is 14.7 Å². The molecule has 0 aliphatic carbocycles. The van der Waals surface area contributed by atoms with Crippen molar-refractivity contribution in [3.05, 3.63) is 23.3 Å². The maximum absolute atomic E-state index is 12.2. The normalized spacial score (nSPS) is 17.9. The molecule has 1 aliphatic heterocycles. The molecule has 18 heavy (non-hydrogen) atoms. The Morgan fingerprint density at radius 3 is 2.56 bits per heavy atom. The van der Waals surface area contributed by atoms with Crippen LogP contribution in [0.3, 0.4) is 0 Å². The zero-order valence-corrected chi connectivity index (χ0v) is 11.3. The van der Waals surface area contributed by atoms with Gasteiger partial charge in [-0.2, -0.15) is 0 Å². The van der Waals surface area contributed by atoms with Crippen LogP contribution in [0.25, 0.3) is 0 Å². The van der Waals surface area contributed by atoms with Gasteiger partial charge in [-0.1, -0.05) is 0 Å². The molecule has 1 aliphatic rings. The van der Waals surface area contributed by atoms with Gasteiger partial charge in [0.15, 0.2) is 5.78 Å². The molecular weight excluding hydrogens is 228 g/mol. The minimum absolute atomic E-state index is 0.0737. The molecule has 1 aromatic rings. The molecule has 5 heteroatoms. The predicted octanol–water partition coefficient (Wildman–Crippen LogP) is 0.524. The highest BCUT2D eigenvalue weighted by atomic mass is 16.1. The molecule has 0 atom stereocenters. The van der Waals surface area contributed by atoms with Crippen molar-refractivity contribution in [2.45, 2.75) is 13.8 Å². The Kier molecular flexibility index (Phi) is 4.04. The monoisotopic (exact) mass is 248 g/mol. The fraction of sp³-hybridized carbons (Fsp3) is 0.615. The van der Waals surface area contributed by atoms with E-state index in [1.54, 1.807) is 6.20 Å². The van der Waals surface area contributed by atoms with Gasteiger partial charge >= 0.3 is 0 Å². The van der Waals surface area contributed by atoms with Gasteiger partial charge in [-0.25, -0.2) is 4.98 Å². The highest BCUT2D eigenvalue weighted by Gasteiger charge is 2.19. The third kappa shape index (κ3) is 3.11. The van der Waals surface area contributed by atoms with E-state index in [0.717, 1.165) is 37.6 Å². The second kappa shape index (κ2) is 5.54. The number of likely N-dealkylation sites (N-methyl/N-ethyl adjacent to an activating group) is 1. The van der Waals surface area contributed by atoms with Crippen molar-refractivity contribution >= 4 is 5.78 Å². The summed E-state index contributed by atoms with van der Waals surface area (Å²) in [5, 5.41) is 0. The molecule has 0 radical (unpaired) electrons. The van der Waals surface area contributed by atoms with Crippen molar-refractivity contribution in [3.63, 3.8) is 0 Å². The standard InChI is InChI=1S/C13H20N4O/c1-10-8-14-13(11(2)15-10)12(18)9-17-6-4-16(3)5-7-17/h8H,4-7,9H2,1-3H3. The van der Waals surface area contributed by atoms with Gasteiger partial charge in [0.2, 0.25) is 0 Å². The van der Waals surface area contributed by atoms with Crippen LogP contribution in [0.1, 0.15) is 21.9 Å². The van der Waals surface area contributed by atoms with Crippen LogP contribution in [0.5, 0.6) is 0 Å². The lowest BCUT2D eigenvalue weighted by molar-refractivity contribution is 0.0870. The van der Waals surface area contributed by atoms with Gasteiger partial charge in [0.05, 0.1) is 17.9 Å². The molecule has 0 N–H and O–H groups in total. The summed E-state index contributed by atoms with van der Waals surface area (Å²) in [7, 11) is 2.11. The Hall–Kier alpha value is -1.33. The van der Waals surface area contributed by atoms with Crippen LogP contribution in [0.2, 0.25) is 0 Å². The third-order valence-corrected chi connectivity index (χ3v) is 3.29. The molecule has 0 aromatic carbocycles. The summed E-state index contributed by atoms with van der Waals surface area (Å²) in [5.41, 5.74) is 2.09. The quantitative estimate of drug-likeness (QED) is 0.730. The van der Waals surface area contributed by atoms with Crippen LogP contribution in [0, 0.1) is 13.8 Å². The number of hydrogen-bond donors (Lipinski definition) is 0. The van der Waals surface area contributed by atoms with Crippen LogP contribution >= 0.6 is 0 Å². The highest BCUT2D eigenvalue weighted by Crippen LogP contribution is 2.06. The molecule has 2 heterocycles. The number of aryl methyl sites for hydroxylation is 2. The molecule has 5 nitrogen and oxygen atoms in total. The Labute approximate surface area is 108 Å². The number of nitrogens with zero attached hydrogens (tertiary/aromatic N) is 4. The van der Waals surface area contributed by atoms with Crippen LogP contribution in [-0.2, 0) is 0 Å². The molecule has 0 bridgehead atoms. The molecule has 0 amide bonds. The van der Waals surface area contributed by atoms with Crippen LogP contribution in [-0.4, -0.2) is 65.3 Å². The summed E-state index contributed by atoms with van der Waals surface area (Å²) >= 11 is 0. The van der Waals surface area contributed by atoms with Gasteiger partial charge in [-0.15, -0.1) is 0 Å². The number of rotatable bonds is 3. The maximum atomic E-state index is 12.2. The molecule has 2 rings (SSSR count). The first kappa shape index (κ1) is 13.1. The summed E-state index contributed by atoms with van der Waals surface area (Å²) in [6, 6.07) is 0. The highest BCUT2D eigenvalue weighted by molar-refractivity contribution is 5.96. The van der Waals surface area contributed by atoms with Crippen molar-refractivity contribution in [3.8, 4) is 0 Å². The molecule has 1 fully saturated rings. The first-order valence-corrected chi connectivity index (χ1v) is 6.30. The number of piperazine rings is 1. The van der Waals surface area contributed by atoms with E-state index >= 15 is 0 Å². The molecule has 1 saturated heterocycles. The van der Waals surface area contributed by atoms with Gasteiger partial charge in [0, 0.05) is 32.4 Å². The van der Waals surface area contributed by atoms with E-state index in [2.05, 4.69) is 26.8 Å². The van der Waals surface area contributed by atoms with Crippen molar-refractivity contribution in [1.29, 1.82) is 0 Å². The van der Waals surface area contributed by atoms with E-state index in [9.17, 15) is 4.79 Å². The number of hydrogen-bond acceptors (Lipinski definition) is 5. The van der Waals surface area contributed by atoms with Crippen molar-refractivity contribution in [2.75, 3.05) is 39.8 Å². The number of carbonyl (C=O) groups excluding carboxylic acids is 1. The van der Waals surface area contributed by atoms with Crippen molar-refractivity contribution < 1.29 is 4.79 Å². The fourth-order valence-electron chi connectivity index (χ4n) is 2.16. The summed E-state index contributed by atoms with van der Waals surface area (Å²) in [5.74, 6) is 0.0737. The van der Waals surface area contributed by atoms with Gasteiger partial charge in [0.25, 0.3) is 0 Å². The summed E-state index contributed by atoms with van der Waals surface area (Å²) in [6.07, 6.45) is 1.66. The molecule has 1 aromatic heterocycles. The smallest absolute Gasteiger partial charge is 0.196 e. The topological polar surface area (TPSA) is 49.3 Å². The second-order valence-corrected chi connectivity index (χ2v) is 4.95. The lowest BCUT2D eigenvalue weighted by Gasteiger charge is -2.31. The van der Waals surface area contributed by atoms with E-state index < -0.39 is 0 Å². The number of carbonyl (C=O) groups is 1. The Morgan fingerprint density at radius 1 is 1.28 bits per heavy atom. The van der Waals surface area contributed by atoms with E-state index in [4.69, 9.17) is 0 Å². The molecule has 0 saturated carbocycles. The van der Waals surface area contributed by atoms with E-state index in [1.165, 1.54) is 0 Å². The van der Waals surface area contributed by atoms with E-state index in [0.29, 0.717) is 12.2 Å². The second-order valence-electron chi connectivity index (χ2n) is 4.95. The minimum Gasteiger partial charge on any atom is -0.304 e. The lowest BCUT2D eigenvalue weighted by Crippen LogP contribution is -2.46. The Bertz CT molecular complexity index is 439. The fourth-order valence-corrected chi connectivity index (χ4v) is 2.16. The molecular formula is C13H20N4O. The Balaban J connectivity index is 1.99. The molecule has 98 valence electrons. The molecule has 0 spiro atoms. The Morgan fingerprint density at radius 2 is 1.94 bits per heavy atom. The number of Topliss-reactive ketones (excluding diaryl/α,β-unsaturated/α-hetero) is 1. The van der Waals surface area contributed by atoms with Crippen LogP contribution < -0.4 is 0 Å². The van der Waals surface area contributed by atoms with Crippen molar-refractivity contribution in [1.82, 2.24) is 19.8 Å². The minimum atomic E-state index is 0.0737. The predicted molar refractivity (Wildman–Crippen MR) is 69.8 cm³/mol. The van der Waals surface area contributed by atoms with Gasteiger partial charge < -0.3 is 4.90 Å². The lowest BCUT2D eigenvalue weighted by atomic mass is 10.2. The number of ketones is 1. The van der Waals surface area contributed by atoms with Crippen LogP contribution in [0.4, 0.5) is 0 Å². The first-order valence-electron chi connectivity index (χ1n) is 6.30. The average Bonchev–Trinajstić information content (AvgIpc) is 2.32. The largest absolute Gasteiger partial charge is 0.304 e. The maximum Gasteiger partial charge on any atom is 0.196 e. The number of aromatic nitrogens is 2. The zero-order chi connectivity index (χ0) is 13.1.